The Labute approximate surface area is 123 Å². The van der Waals surface area contributed by atoms with Crippen molar-refractivity contribution < 1.29 is 14.6 Å². The van der Waals surface area contributed by atoms with Gasteiger partial charge in [0.1, 0.15) is 5.75 Å². The fourth-order valence-electron chi connectivity index (χ4n) is 1.99. The quantitative estimate of drug-likeness (QED) is 0.670. The van der Waals surface area contributed by atoms with Crippen LogP contribution in [-0.4, -0.2) is 18.2 Å². The summed E-state index contributed by atoms with van der Waals surface area (Å²) in [5.41, 5.74) is 2.92. The van der Waals surface area contributed by atoms with Crippen LogP contribution in [0.4, 0.5) is 0 Å². The molecule has 0 fully saturated rings. The lowest BCUT2D eigenvalue weighted by atomic mass is 9.97. The fraction of sp³-hybridized carbons (Fsp3) is 0.0556. The Morgan fingerprint density at radius 3 is 2.43 bits per heavy atom. The van der Waals surface area contributed by atoms with E-state index >= 15 is 0 Å². The number of benzene rings is 2. The molecule has 0 aromatic heterocycles. The highest BCUT2D eigenvalue weighted by Crippen LogP contribution is 2.26. The number of hydrogen-bond acceptors (Lipinski definition) is 2. The van der Waals surface area contributed by atoms with Gasteiger partial charge < -0.3 is 9.84 Å². The standard InChI is InChI=1S/C18H16O3/c1-21-16-10-5-9-15(13-16)17(11-6-12-18(19)20)14-7-3-2-4-8-14/h2-13H,1H3,(H,19,20). The Bertz CT molecular complexity index is 670. The topological polar surface area (TPSA) is 46.5 Å². The molecule has 2 rings (SSSR count). The average molecular weight is 280 g/mol. The van der Waals surface area contributed by atoms with Crippen molar-refractivity contribution >= 4 is 11.5 Å². The molecule has 0 aliphatic rings. The van der Waals surface area contributed by atoms with E-state index in [4.69, 9.17) is 9.84 Å². The van der Waals surface area contributed by atoms with Gasteiger partial charge in [-0.3, -0.25) is 0 Å². The molecule has 21 heavy (non-hydrogen) atoms. The van der Waals surface area contributed by atoms with E-state index in [-0.39, 0.29) is 0 Å². The third-order valence-corrected chi connectivity index (χ3v) is 2.97. The van der Waals surface area contributed by atoms with E-state index in [9.17, 15) is 4.79 Å². The lowest BCUT2D eigenvalue weighted by Crippen LogP contribution is -1.90. The number of allylic oxidation sites excluding steroid dienone is 2. The van der Waals surface area contributed by atoms with Gasteiger partial charge in [0.25, 0.3) is 0 Å². The summed E-state index contributed by atoms with van der Waals surface area (Å²) in [6.45, 7) is 0. The van der Waals surface area contributed by atoms with Crippen molar-refractivity contribution in [1.29, 1.82) is 0 Å². The molecule has 0 amide bonds. The van der Waals surface area contributed by atoms with Gasteiger partial charge in [0.15, 0.2) is 0 Å². The molecule has 0 bridgehead atoms. The zero-order chi connectivity index (χ0) is 15.1. The second kappa shape index (κ2) is 7.10. The summed E-state index contributed by atoms with van der Waals surface area (Å²) in [5.74, 6) is -0.208. The molecule has 3 heteroatoms. The fourth-order valence-corrected chi connectivity index (χ4v) is 1.99. The normalized spacial score (nSPS) is 11.6. The van der Waals surface area contributed by atoms with Gasteiger partial charge in [0.05, 0.1) is 7.11 Å². The van der Waals surface area contributed by atoms with Gasteiger partial charge in [0, 0.05) is 6.08 Å². The number of aliphatic carboxylic acids is 1. The maximum Gasteiger partial charge on any atom is 0.328 e. The second-order valence-corrected chi connectivity index (χ2v) is 4.38. The first kappa shape index (κ1) is 14.6. The minimum Gasteiger partial charge on any atom is -0.497 e. The molecule has 2 aromatic carbocycles. The highest BCUT2D eigenvalue weighted by molar-refractivity contribution is 5.84. The molecule has 0 atom stereocenters. The summed E-state index contributed by atoms with van der Waals surface area (Å²) in [4.78, 5) is 10.6. The summed E-state index contributed by atoms with van der Waals surface area (Å²) in [6, 6.07) is 17.5. The van der Waals surface area contributed by atoms with Crippen LogP contribution in [0.1, 0.15) is 11.1 Å². The van der Waals surface area contributed by atoms with E-state index in [0.29, 0.717) is 0 Å². The van der Waals surface area contributed by atoms with Gasteiger partial charge in [-0.2, -0.15) is 0 Å². The molecular weight excluding hydrogens is 264 g/mol. The van der Waals surface area contributed by atoms with Crippen molar-refractivity contribution in [3.8, 4) is 5.75 Å². The largest absolute Gasteiger partial charge is 0.497 e. The maximum absolute atomic E-state index is 10.6. The Morgan fingerprint density at radius 2 is 1.76 bits per heavy atom. The zero-order valence-electron chi connectivity index (χ0n) is 11.7. The van der Waals surface area contributed by atoms with Crippen LogP contribution in [0.2, 0.25) is 0 Å². The summed E-state index contributed by atoms with van der Waals surface area (Å²) < 4.78 is 5.24. The van der Waals surface area contributed by atoms with Crippen molar-refractivity contribution in [2.75, 3.05) is 7.11 Å². The highest BCUT2D eigenvalue weighted by Gasteiger charge is 2.05. The van der Waals surface area contributed by atoms with Gasteiger partial charge in [-0.1, -0.05) is 54.6 Å². The molecule has 0 aliphatic carbocycles. The van der Waals surface area contributed by atoms with Crippen molar-refractivity contribution in [1.82, 2.24) is 0 Å². The van der Waals surface area contributed by atoms with Crippen molar-refractivity contribution in [3.63, 3.8) is 0 Å². The Balaban J connectivity index is 2.47. The highest BCUT2D eigenvalue weighted by atomic mass is 16.5. The monoisotopic (exact) mass is 280 g/mol. The van der Waals surface area contributed by atoms with E-state index in [0.717, 1.165) is 28.5 Å². The number of hydrogen-bond donors (Lipinski definition) is 1. The van der Waals surface area contributed by atoms with Crippen LogP contribution in [0.15, 0.2) is 72.8 Å². The van der Waals surface area contributed by atoms with E-state index in [1.165, 1.54) is 6.08 Å². The number of rotatable bonds is 5. The SMILES string of the molecule is COc1cccc(C(=CC=CC(=O)O)c2ccccc2)c1. The van der Waals surface area contributed by atoms with Gasteiger partial charge in [-0.15, -0.1) is 0 Å². The van der Waals surface area contributed by atoms with E-state index < -0.39 is 5.97 Å². The predicted molar refractivity (Wildman–Crippen MR) is 83.3 cm³/mol. The van der Waals surface area contributed by atoms with E-state index in [1.54, 1.807) is 13.2 Å². The average Bonchev–Trinajstić information content (AvgIpc) is 2.52. The van der Waals surface area contributed by atoms with Gasteiger partial charge >= 0.3 is 5.97 Å². The number of ether oxygens (including phenoxy) is 1. The first-order valence-corrected chi connectivity index (χ1v) is 6.52. The van der Waals surface area contributed by atoms with Crippen molar-refractivity contribution in [3.05, 3.63) is 84.0 Å². The molecule has 2 aromatic rings. The molecule has 0 unspecified atom stereocenters. The molecule has 0 heterocycles. The summed E-state index contributed by atoms with van der Waals surface area (Å²) in [7, 11) is 1.62. The summed E-state index contributed by atoms with van der Waals surface area (Å²) >= 11 is 0. The third kappa shape index (κ3) is 4.08. The Morgan fingerprint density at radius 1 is 1.05 bits per heavy atom. The third-order valence-electron chi connectivity index (χ3n) is 2.97. The smallest absolute Gasteiger partial charge is 0.328 e. The first-order valence-electron chi connectivity index (χ1n) is 6.52. The first-order chi connectivity index (χ1) is 10.2. The van der Waals surface area contributed by atoms with Gasteiger partial charge in [-0.25, -0.2) is 4.79 Å². The molecule has 106 valence electrons. The van der Waals surface area contributed by atoms with Crippen LogP contribution in [0.25, 0.3) is 5.57 Å². The number of methoxy groups -OCH3 is 1. The van der Waals surface area contributed by atoms with Crippen LogP contribution >= 0.6 is 0 Å². The molecular formula is C18H16O3. The van der Waals surface area contributed by atoms with Gasteiger partial charge in [-0.05, 0) is 28.8 Å². The summed E-state index contributed by atoms with van der Waals surface area (Å²) in [6.07, 6.45) is 4.44. The molecule has 3 nitrogen and oxygen atoms in total. The Kier molecular flexibility index (Phi) is 4.94. The summed E-state index contributed by atoms with van der Waals surface area (Å²) in [5, 5.41) is 8.71. The number of carbonyl (C=O) groups is 1. The van der Waals surface area contributed by atoms with E-state index in [1.807, 2.05) is 54.6 Å². The second-order valence-electron chi connectivity index (χ2n) is 4.38. The van der Waals surface area contributed by atoms with Crippen molar-refractivity contribution in [2.24, 2.45) is 0 Å². The Hall–Kier alpha value is -2.81. The number of carboxylic acids is 1. The van der Waals surface area contributed by atoms with Crippen molar-refractivity contribution in [2.45, 2.75) is 0 Å². The lowest BCUT2D eigenvalue weighted by Gasteiger charge is -2.09. The number of carboxylic acid groups (broad SMARTS) is 1. The molecule has 0 spiro atoms. The lowest BCUT2D eigenvalue weighted by molar-refractivity contribution is -0.131. The van der Waals surface area contributed by atoms with Crippen LogP contribution in [0.5, 0.6) is 5.75 Å². The van der Waals surface area contributed by atoms with Crippen LogP contribution in [-0.2, 0) is 4.79 Å². The minimum absolute atomic E-state index is 0.761. The molecule has 0 radical (unpaired) electrons. The molecule has 0 aliphatic heterocycles. The van der Waals surface area contributed by atoms with Crippen LogP contribution in [0.3, 0.4) is 0 Å². The van der Waals surface area contributed by atoms with Crippen LogP contribution in [0, 0.1) is 0 Å². The van der Waals surface area contributed by atoms with E-state index in [2.05, 4.69) is 0 Å². The zero-order valence-corrected chi connectivity index (χ0v) is 11.7. The molecule has 1 N–H and O–H groups in total. The molecule has 0 saturated heterocycles. The minimum atomic E-state index is -0.968. The maximum atomic E-state index is 10.6. The predicted octanol–water partition coefficient (Wildman–Crippen LogP) is 3.77. The van der Waals surface area contributed by atoms with Gasteiger partial charge in [0.2, 0.25) is 0 Å². The molecule has 0 saturated carbocycles. The van der Waals surface area contributed by atoms with Crippen LogP contribution < -0.4 is 4.74 Å².